The number of thiazole rings is 1. The lowest BCUT2D eigenvalue weighted by Gasteiger charge is -2.09. The van der Waals surface area contributed by atoms with E-state index in [1.54, 1.807) is 11.3 Å². The Morgan fingerprint density at radius 1 is 1.32 bits per heavy atom. The summed E-state index contributed by atoms with van der Waals surface area (Å²) in [6, 6.07) is 8.28. The Morgan fingerprint density at radius 2 is 2.16 bits per heavy atom. The summed E-state index contributed by atoms with van der Waals surface area (Å²) in [5, 5.41) is 12.4. The van der Waals surface area contributed by atoms with E-state index >= 15 is 0 Å². The Hall–Kier alpha value is -1.93. The molecule has 3 aromatic rings. The number of rotatable bonds is 8. The molecule has 2 heterocycles. The van der Waals surface area contributed by atoms with Crippen LogP contribution in [0.3, 0.4) is 0 Å². The third-order valence-corrected chi connectivity index (χ3v) is 5.60. The molecular formula is C17H20N4O2S2. The van der Waals surface area contributed by atoms with E-state index in [4.69, 9.17) is 4.42 Å². The van der Waals surface area contributed by atoms with Gasteiger partial charge in [0, 0.05) is 18.9 Å². The second kappa shape index (κ2) is 8.44. The number of para-hydroxylation sites is 1. The average Bonchev–Trinajstić information content (AvgIpc) is 3.24. The Bertz CT molecular complexity index is 813. The van der Waals surface area contributed by atoms with Crippen LogP contribution in [0.1, 0.15) is 31.2 Å². The van der Waals surface area contributed by atoms with Gasteiger partial charge < -0.3 is 9.73 Å². The van der Waals surface area contributed by atoms with Gasteiger partial charge in [0.1, 0.15) is 0 Å². The van der Waals surface area contributed by atoms with Gasteiger partial charge in [-0.3, -0.25) is 4.79 Å². The average molecular weight is 377 g/mol. The normalized spacial score (nSPS) is 12.4. The Kier molecular flexibility index (Phi) is 6.04. The van der Waals surface area contributed by atoms with Gasteiger partial charge >= 0.3 is 0 Å². The number of benzene rings is 1. The van der Waals surface area contributed by atoms with Crippen LogP contribution in [0, 0.1) is 0 Å². The summed E-state index contributed by atoms with van der Waals surface area (Å²) in [5.41, 5.74) is 1.02. The summed E-state index contributed by atoms with van der Waals surface area (Å²) in [4.78, 5) is 16.4. The highest BCUT2D eigenvalue weighted by Gasteiger charge is 2.12. The number of thioether (sulfide) groups is 1. The maximum Gasteiger partial charge on any atom is 0.277 e. The third-order valence-electron chi connectivity index (χ3n) is 3.69. The highest BCUT2D eigenvalue weighted by atomic mass is 32.2. The van der Waals surface area contributed by atoms with Crippen LogP contribution in [0.5, 0.6) is 0 Å². The molecule has 1 atom stereocenters. The molecule has 0 spiro atoms. The van der Waals surface area contributed by atoms with E-state index in [0.29, 0.717) is 17.5 Å². The molecule has 2 aromatic heterocycles. The van der Waals surface area contributed by atoms with Gasteiger partial charge in [-0.25, -0.2) is 4.98 Å². The number of nitrogens with zero attached hydrogens (tertiary/aromatic N) is 3. The summed E-state index contributed by atoms with van der Waals surface area (Å²) in [6.45, 7) is 4.02. The van der Waals surface area contributed by atoms with Crippen LogP contribution in [0.25, 0.3) is 10.2 Å². The van der Waals surface area contributed by atoms with Crippen LogP contribution in [0.2, 0.25) is 0 Å². The zero-order valence-electron chi connectivity index (χ0n) is 14.2. The molecule has 3 rings (SSSR count). The van der Waals surface area contributed by atoms with Crippen molar-refractivity contribution in [1.82, 2.24) is 20.5 Å². The molecule has 0 aliphatic rings. The predicted octanol–water partition coefficient (Wildman–Crippen LogP) is 3.47. The van der Waals surface area contributed by atoms with E-state index in [1.807, 2.05) is 32.0 Å². The maximum atomic E-state index is 11.8. The predicted molar refractivity (Wildman–Crippen MR) is 99.9 cm³/mol. The van der Waals surface area contributed by atoms with Crippen molar-refractivity contribution in [3.63, 3.8) is 0 Å². The monoisotopic (exact) mass is 376 g/mol. The van der Waals surface area contributed by atoms with Crippen molar-refractivity contribution < 1.29 is 9.21 Å². The van der Waals surface area contributed by atoms with Crippen molar-refractivity contribution in [3.8, 4) is 0 Å². The largest absolute Gasteiger partial charge is 0.416 e. The van der Waals surface area contributed by atoms with Crippen LogP contribution in [0.15, 0.2) is 33.9 Å². The fraction of sp³-hybridized carbons (Fsp3) is 0.412. The molecule has 6 nitrogen and oxygen atoms in total. The molecule has 0 aliphatic heterocycles. The molecule has 1 aromatic carbocycles. The minimum atomic E-state index is -0.0198. The SMILES string of the molecule is CCC(C)NC(=O)CSc1nnc(CCc2nc3ccccc3s2)o1. The number of aryl methyl sites for hydroxylation is 2. The van der Waals surface area contributed by atoms with Gasteiger partial charge in [-0.2, -0.15) is 0 Å². The smallest absolute Gasteiger partial charge is 0.277 e. The highest BCUT2D eigenvalue weighted by Crippen LogP contribution is 2.23. The van der Waals surface area contributed by atoms with Crippen LogP contribution in [-0.2, 0) is 17.6 Å². The van der Waals surface area contributed by atoms with E-state index in [0.717, 1.165) is 23.4 Å². The molecule has 0 radical (unpaired) electrons. The second-order valence-electron chi connectivity index (χ2n) is 5.70. The minimum Gasteiger partial charge on any atom is -0.416 e. The van der Waals surface area contributed by atoms with Crippen LogP contribution >= 0.6 is 23.1 Å². The van der Waals surface area contributed by atoms with Crippen LogP contribution in [-0.4, -0.2) is 32.9 Å². The van der Waals surface area contributed by atoms with E-state index in [2.05, 4.69) is 26.6 Å². The molecular weight excluding hydrogens is 356 g/mol. The summed E-state index contributed by atoms with van der Waals surface area (Å²) in [6.07, 6.45) is 2.32. The molecule has 25 heavy (non-hydrogen) atoms. The molecule has 132 valence electrons. The van der Waals surface area contributed by atoms with Crippen molar-refractivity contribution >= 4 is 39.2 Å². The van der Waals surface area contributed by atoms with Crippen molar-refractivity contribution in [1.29, 1.82) is 0 Å². The molecule has 0 fully saturated rings. The number of hydrogen-bond donors (Lipinski definition) is 1. The van der Waals surface area contributed by atoms with Crippen LogP contribution < -0.4 is 5.32 Å². The molecule has 1 amide bonds. The second-order valence-corrected chi connectivity index (χ2v) is 7.74. The van der Waals surface area contributed by atoms with E-state index in [9.17, 15) is 4.79 Å². The molecule has 0 saturated carbocycles. The first-order valence-corrected chi connectivity index (χ1v) is 10.0. The number of nitrogens with one attached hydrogen (secondary N) is 1. The molecule has 0 bridgehead atoms. The van der Waals surface area contributed by atoms with Gasteiger partial charge in [0.15, 0.2) is 0 Å². The number of carbonyl (C=O) groups excluding carboxylic acids is 1. The Labute approximate surface area is 154 Å². The van der Waals surface area contributed by atoms with Crippen molar-refractivity contribution in [2.75, 3.05) is 5.75 Å². The lowest BCUT2D eigenvalue weighted by atomic mass is 10.3. The molecule has 8 heteroatoms. The summed E-state index contributed by atoms with van der Waals surface area (Å²) in [7, 11) is 0. The van der Waals surface area contributed by atoms with Crippen molar-refractivity contribution in [3.05, 3.63) is 35.2 Å². The number of carbonyl (C=O) groups is 1. The van der Waals surface area contributed by atoms with Crippen molar-refractivity contribution in [2.24, 2.45) is 0 Å². The van der Waals surface area contributed by atoms with E-state index < -0.39 is 0 Å². The van der Waals surface area contributed by atoms with Gasteiger partial charge in [-0.15, -0.1) is 21.5 Å². The standard InChI is InChI=1S/C17H20N4O2S2/c1-3-11(2)18-14(22)10-24-17-21-20-15(23-17)8-9-16-19-12-6-4-5-7-13(12)25-16/h4-7,11H,3,8-10H2,1-2H3,(H,18,22). The van der Waals surface area contributed by atoms with Crippen molar-refractivity contribution in [2.45, 2.75) is 44.4 Å². The zero-order chi connectivity index (χ0) is 17.6. The highest BCUT2D eigenvalue weighted by molar-refractivity contribution is 7.99. The van der Waals surface area contributed by atoms with Gasteiger partial charge in [0.2, 0.25) is 11.8 Å². The summed E-state index contributed by atoms with van der Waals surface area (Å²) >= 11 is 2.95. The number of fused-ring (bicyclic) bond motifs is 1. The first kappa shape index (κ1) is 17.9. The van der Waals surface area contributed by atoms with Gasteiger partial charge in [0.05, 0.1) is 21.0 Å². The lowest BCUT2D eigenvalue weighted by molar-refractivity contribution is -0.119. The van der Waals surface area contributed by atoms with Gasteiger partial charge in [-0.05, 0) is 25.5 Å². The summed E-state index contributed by atoms with van der Waals surface area (Å²) in [5.74, 6) is 0.835. The third kappa shape index (κ3) is 5.02. The molecule has 0 saturated heterocycles. The molecule has 1 unspecified atom stereocenters. The van der Waals surface area contributed by atoms with Gasteiger partial charge in [0.25, 0.3) is 5.22 Å². The first-order chi connectivity index (χ1) is 12.1. The number of amides is 1. The lowest BCUT2D eigenvalue weighted by Crippen LogP contribution is -2.33. The first-order valence-electron chi connectivity index (χ1n) is 8.23. The van der Waals surface area contributed by atoms with E-state index in [1.165, 1.54) is 16.5 Å². The number of aromatic nitrogens is 3. The Morgan fingerprint density at radius 3 is 2.96 bits per heavy atom. The maximum absolute atomic E-state index is 11.8. The molecule has 1 N–H and O–H groups in total. The number of hydrogen-bond acceptors (Lipinski definition) is 7. The molecule has 0 aliphatic carbocycles. The topological polar surface area (TPSA) is 80.9 Å². The van der Waals surface area contributed by atoms with Gasteiger partial charge in [-0.1, -0.05) is 30.8 Å². The fourth-order valence-electron chi connectivity index (χ4n) is 2.18. The fourth-order valence-corrected chi connectivity index (χ4v) is 3.74. The van der Waals surface area contributed by atoms with Crippen LogP contribution in [0.4, 0.5) is 0 Å². The zero-order valence-corrected chi connectivity index (χ0v) is 15.8. The summed E-state index contributed by atoms with van der Waals surface area (Å²) < 4.78 is 6.79. The quantitative estimate of drug-likeness (QED) is 0.606. The Balaban J connectivity index is 1.49. The minimum absolute atomic E-state index is 0.0198. The van der Waals surface area contributed by atoms with E-state index in [-0.39, 0.29) is 17.7 Å².